The molecule has 0 fully saturated rings. The molecule has 3 heterocycles. The van der Waals surface area contributed by atoms with Crippen molar-refractivity contribution < 1.29 is 9.59 Å². The fourth-order valence-corrected chi connectivity index (χ4v) is 4.18. The molecule has 1 atom stereocenters. The fraction of sp³-hybridized carbons (Fsp3) is 0.167. The molecule has 0 aliphatic carbocycles. The number of anilines is 2. The number of para-hydroxylation sites is 2. The molecule has 0 saturated heterocycles. The summed E-state index contributed by atoms with van der Waals surface area (Å²) < 4.78 is 1.85. The number of hydrogen-bond acceptors (Lipinski definition) is 4. The summed E-state index contributed by atoms with van der Waals surface area (Å²) in [4.78, 5) is 37.0. The summed E-state index contributed by atoms with van der Waals surface area (Å²) in [5, 5.41) is 3.43. The van der Waals surface area contributed by atoms with Gasteiger partial charge in [0.2, 0.25) is 11.9 Å². The number of carbonyl (C=O) groups is 2. The van der Waals surface area contributed by atoms with Gasteiger partial charge in [0.15, 0.2) is 0 Å². The first-order valence-electron chi connectivity index (χ1n) is 10.3. The first-order chi connectivity index (χ1) is 15.5. The number of pyridine rings is 1. The van der Waals surface area contributed by atoms with Crippen molar-refractivity contribution in [2.45, 2.75) is 25.9 Å². The Hall–Kier alpha value is -3.71. The van der Waals surface area contributed by atoms with Gasteiger partial charge in [-0.15, -0.1) is 0 Å². The van der Waals surface area contributed by atoms with E-state index >= 15 is 0 Å². The molecule has 32 heavy (non-hydrogen) atoms. The van der Waals surface area contributed by atoms with Crippen molar-refractivity contribution in [3.05, 3.63) is 83.1 Å². The van der Waals surface area contributed by atoms with E-state index in [2.05, 4.69) is 15.3 Å². The van der Waals surface area contributed by atoms with Crippen molar-refractivity contribution in [2.75, 3.05) is 10.2 Å². The van der Waals surface area contributed by atoms with Crippen LogP contribution in [0.4, 0.5) is 11.6 Å². The molecule has 4 aromatic rings. The molecular formula is C24H20ClN5O2. The molecule has 8 heteroatoms. The highest BCUT2D eigenvalue weighted by Crippen LogP contribution is 2.37. The van der Waals surface area contributed by atoms with Gasteiger partial charge in [0.25, 0.3) is 5.91 Å². The van der Waals surface area contributed by atoms with Crippen LogP contribution in [0.15, 0.2) is 66.9 Å². The fourth-order valence-electron chi connectivity index (χ4n) is 4.00. The predicted octanol–water partition coefficient (Wildman–Crippen LogP) is 4.51. The molecule has 2 aromatic heterocycles. The second-order valence-corrected chi connectivity index (χ2v) is 8.18. The molecule has 5 rings (SSSR count). The topological polar surface area (TPSA) is 80.1 Å². The number of nitrogens with zero attached hydrogens (tertiary/aromatic N) is 4. The van der Waals surface area contributed by atoms with E-state index in [-0.39, 0.29) is 24.8 Å². The van der Waals surface area contributed by atoms with Crippen molar-refractivity contribution in [1.82, 2.24) is 14.5 Å². The molecule has 0 unspecified atom stereocenters. The zero-order chi connectivity index (χ0) is 22.2. The van der Waals surface area contributed by atoms with Crippen LogP contribution < -0.4 is 10.2 Å². The van der Waals surface area contributed by atoms with E-state index in [4.69, 9.17) is 11.6 Å². The third-order valence-corrected chi connectivity index (χ3v) is 5.82. The van der Waals surface area contributed by atoms with E-state index in [0.717, 1.165) is 22.3 Å². The lowest BCUT2D eigenvalue weighted by Gasteiger charge is -2.16. The van der Waals surface area contributed by atoms with E-state index in [0.29, 0.717) is 16.7 Å². The second kappa shape index (κ2) is 8.09. The quantitative estimate of drug-likeness (QED) is 0.490. The molecule has 0 saturated carbocycles. The van der Waals surface area contributed by atoms with Crippen LogP contribution in [0.5, 0.6) is 0 Å². The third-order valence-electron chi connectivity index (χ3n) is 5.58. The highest BCUT2D eigenvalue weighted by Gasteiger charge is 2.41. The molecule has 0 spiro atoms. The van der Waals surface area contributed by atoms with Crippen molar-refractivity contribution in [1.29, 1.82) is 0 Å². The van der Waals surface area contributed by atoms with Crippen LogP contribution >= 0.6 is 11.6 Å². The Balaban J connectivity index is 1.48. The third kappa shape index (κ3) is 3.61. The van der Waals surface area contributed by atoms with Crippen LogP contribution in [0.2, 0.25) is 5.02 Å². The van der Waals surface area contributed by atoms with Gasteiger partial charge in [-0.25, -0.2) is 4.98 Å². The number of nitrogens with one attached hydrogen (secondary N) is 1. The van der Waals surface area contributed by atoms with Gasteiger partial charge in [-0.2, -0.15) is 0 Å². The summed E-state index contributed by atoms with van der Waals surface area (Å²) in [5.74, 6) is 0.0811. The van der Waals surface area contributed by atoms with E-state index in [9.17, 15) is 9.59 Å². The summed E-state index contributed by atoms with van der Waals surface area (Å²) in [6.45, 7) is 2.18. The first-order valence-corrected chi connectivity index (χ1v) is 10.6. The first kappa shape index (κ1) is 20.2. The Kier molecular flexibility index (Phi) is 5.11. The standard InChI is InChI=1S/C24H20ClN5O2/c1-15-9-10-16(25)12-19(15)27-22(31)13-21-23(32)29(14-17-6-4-5-11-26-17)24-28-18-7-2-3-8-20(18)30(21)24/h2-12,21H,13-14H2,1H3,(H,27,31)/t21-/m0/s1. The lowest BCUT2D eigenvalue weighted by Crippen LogP contribution is -2.31. The van der Waals surface area contributed by atoms with Crippen LogP contribution in [0.1, 0.15) is 23.7 Å². The number of rotatable bonds is 5. The van der Waals surface area contributed by atoms with Crippen molar-refractivity contribution in [3.8, 4) is 0 Å². The lowest BCUT2D eigenvalue weighted by molar-refractivity contribution is -0.124. The van der Waals surface area contributed by atoms with Crippen LogP contribution in [-0.2, 0) is 16.1 Å². The van der Waals surface area contributed by atoms with Crippen LogP contribution in [-0.4, -0.2) is 26.3 Å². The molecular weight excluding hydrogens is 426 g/mol. The SMILES string of the molecule is Cc1ccc(Cl)cc1NC(=O)C[C@H]1C(=O)N(Cc2ccccn2)c2nc3ccccc3n21. The van der Waals surface area contributed by atoms with E-state index < -0.39 is 6.04 Å². The highest BCUT2D eigenvalue weighted by molar-refractivity contribution is 6.31. The minimum atomic E-state index is -0.694. The highest BCUT2D eigenvalue weighted by atomic mass is 35.5. The summed E-state index contributed by atoms with van der Waals surface area (Å²) in [6.07, 6.45) is 1.67. The molecule has 2 aromatic carbocycles. The van der Waals surface area contributed by atoms with Crippen molar-refractivity contribution >= 4 is 46.1 Å². The molecule has 0 bridgehead atoms. The van der Waals surface area contributed by atoms with E-state index in [1.807, 2.05) is 60.0 Å². The maximum Gasteiger partial charge on any atom is 0.253 e. The van der Waals surface area contributed by atoms with Gasteiger partial charge in [0, 0.05) is 16.9 Å². The van der Waals surface area contributed by atoms with Crippen molar-refractivity contribution in [3.63, 3.8) is 0 Å². The number of hydrogen-bond donors (Lipinski definition) is 1. The summed E-state index contributed by atoms with van der Waals surface area (Å²) in [6, 6.07) is 17.8. The molecule has 0 radical (unpaired) electrons. The maximum atomic E-state index is 13.4. The maximum absolute atomic E-state index is 13.4. The van der Waals surface area contributed by atoms with Gasteiger partial charge < -0.3 is 5.32 Å². The number of aromatic nitrogens is 3. The Morgan fingerprint density at radius 1 is 1.12 bits per heavy atom. The molecule has 1 aliphatic heterocycles. The van der Waals surface area contributed by atoms with Crippen molar-refractivity contribution in [2.24, 2.45) is 0 Å². The molecule has 1 aliphatic rings. The smallest absolute Gasteiger partial charge is 0.253 e. The normalized spacial score (nSPS) is 15.2. The second-order valence-electron chi connectivity index (χ2n) is 7.74. The summed E-state index contributed by atoms with van der Waals surface area (Å²) in [5.41, 5.74) is 3.87. The molecule has 2 amide bonds. The number of aryl methyl sites for hydroxylation is 1. The average Bonchev–Trinajstić information content (AvgIpc) is 3.28. The molecule has 1 N–H and O–H groups in total. The Morgan fingerprint density at radius 2 is 1.94 bits per heavy atom. The average molecular weight is 446 g/mol. The van der Waals surface area contributed by atoms with Gasteiger partial charge in [0.05, 0.1) is 29.7 Å². The number of halogens is 1. The summed E-state index contributed by atoms with van der Waals surface area (Å²) in [7, 11) is 0. The largest absolute Gasteiger partial charge is 0.326 e. The monoisotopic (exact) mass is 445 g/mol. The zero-order valence-corrected chi connectivity index (χ0v) is 18.1. The minimum Gasteiger partial charge on any atom is -0.326 e. The Labute approximate surface area is 189 Å². The van der Waals surface area contributed by atoms with Crippen LogP contribution in [0.3, 0.4) is 0 Å². The number of imidazole rings is 1. The minimum absolute atomic E-state index is 0.0170. The zero-order valence-electron chi connectivity index (χ0n) is 17.3. The van der Waals surface area contributed by atoms with Crippen LogP contribution in [0.25, 0.3) is 11.0 Å². The Morgan fingerprint density at radius 3 is 2.75 bits per heavy atom. The molecule has 160 valence electrons. The number of amides is 2. The van der Waals surface area contributed by atoms with E-state index in [1.54, 1.807) is 23.2 Å². The Bertz CT molecular complexity index is 1330. The van der Waals surface area contributed by atoms with Gasteiger partial charge in [-0.05, 0) is 48.9 Å². The number of fused-ring (bicyclic) bond motifs is 3. The number of carbonyl (C=O) groups excluding carboxylic acids is 2. The van der Waals surface area contributed by atoms with Gasteiger partial charge in [0.1, 0.15) is 6.04 Å². The van der Waals surface area contributed by atoms with Gasteiger partial charge in [-0.1, -0.05) is 35.9 Å². The summed E-state index contributed by atoms with van der Waals surface area (Å²) >= 11 is 6.08. The molecule has 7 nitrogen and oxygen atoms in total. The van der Waals surface area contributed by atoms with E-state index in [1.165, 1.54) is 0 Å². The van der Waals surface area contributed by atoms with Gasteiger partial charge in [-0.3, -0.25) is 24.0 Å². The van der Waals surface area contributed by atoms with Gasteiger partial charge >= 0.3 is 0 Å². The van der Waals surface area contributed by atoms with Crippen LogP contribution in [0, 0.1) is 6.92 Å². The predicted molar refractivity (Wildman–Crippen MR) is 124 cm³/mol. The lowest BCUT2D eigenvalue weighted by atomic mass is 10.1. The number of benzene rings is 2.